The second kappa shape index (κ2) is 5.01. The van der Waals surface area contributed by atoms with Gasteiger partial charge in [0.2, 0.25) is 0 Å². The molecule has 0 aliphatic rings. The van der Waals surface area contributed by atoms with Crippen LogP contribution in [0.4, 0.5) is 5.69 Å². The number of nitrogens with one attached hydrogen (secondary N) is 1. The van der Waals surface area contributed by atoms with Crippen molar-refractivity contribution in [3.05, 3.63) is 67.2 Å². The number of nitrogens with zero attached hydrogens (tertiary/aromatic N) is 1. The fourth-order valence-electron chi connectivity index (χ4n) is 1.49. The van der Waals surface area contributed by atoms with E-state index in [0.29, 0.717) is 0 Å². The molecule has 1 amide bonds. The lowest BCUT2D eigenvalue weighted by molar-refractivity contribution is -0.111. The van der Waals surface area contributed by atoms with E-state index >= 15 is 0 Å². The fraction of sp³-hybridized carbons (Fsp3) is 0. The highest BCUT2D eigenvalue weighted by atomic mass is 16.1. The lowest BCUT2D eigenvalue weighted by Gasteiger charge is -2.05. The number of anilines is 1. The molecular weight excluding hydrogens is 212 g/mol. The Balaban J connectivity index is 2.13. The topological polar surface area (TPSA) is 34.0 Å². The monoisotopic (exact) mass is 224 g/mol. The van der Waals surface area contributed by atoms with Crippen LogP contribution in [0.2, 0.25) is 0 Å². The maximum atomic E-state index is 11.3. The predicted octanol–water partition coefficient (Wildman–Crippen LogP) is 2.76. The van der Waals surface area contributed by atoms with Crippen LogP contribution in [0, 0.1) is 0 Å². The molecule has 0 fully saturated rings. The molecular formula is C14H12N2O. The standard InChI is InChI=1S/C14H12N2O/c1-2-5-14(17)15-12-6-8-13(9-7-12)16-10-3-4-11-16/h3-11H,1H2,(H,15,17). The summed E-state index contributed by atoms with van der Waals surface area (Å²) in [6.45, 7) is 3.35. The first-order valence-electron chi connectivity index (χ1n) is 5.20. The number of carbonyl (C=O) groups is 1. The van der Waals surface area contributed by atoms with Crippen molar-refractivity contribution in [2.24, 2.45) is 0 Å². The second-order valence-corrected chi connectivity index (χ2v) is 3.47. The largest absolute Gasteiger partial charge is 0.324 e. The van der Waals surface area contributed by atoms with Crippen molar-refractivity contribution in [1.82, 2.24) is 4.57 Å². The zero-order valence-corrected chi connectivity index (χ0v) is 9.26. The van der Waals surface area contributed by atoms with Crippen LogP contribution in [0.15, 0.2) is 67.2 Å². The lowest BCUT2D eigenvalue weighted by atomic mass is 10.2. The van der Waals surface area contributed by atoms with Crippen LogP contribution >= 0.6 is 0 Å². The van der Waals surface area contributed by atoms with Crippen molar-refractivity contribution in [3.8, 4) is 5.69 Å². The van der Waals surface area contributed by atoms with Gasteiger partial charge in [-0.05, 0) is 36.4 Å². The number of carbonyl (C=O) groups excluding carboxylic acids is 1. The molecule has 17 heavy (non-hydrogen) atoms. The molecule has 0 saturated heterocycles. The molecule has 0 bridgehead atoms. The van der Waals surface area contributed by atoms with Gasteiger partial charge in [-0.3, -0.25) is 4.79 Å². The molecule has 1 aromatic heterocycles. The van der Waals surface area contributed by atoms with Crippen molar-refractivity contribution < 1.29 is 4.79 Å². The number of hydrogen-bond acceptors (Lipinski definition) is 1. The number of hydrogen-bond donors (Lipinski definition) is 1. The minimum absolute atomic E-state index is 0.228. The van der Waals surface area contributed by atoms with Crippen molar-refractivity contribution in [2.45, 2.75) is 0 Å². The average Bonchev–Trinajstić information content (AvgIpc) is 2.84. The minimum atomic E-state index is -0.228. The van der Waals surface area contributed by atoms with Gasteiger partial charge in [-0.15, -0.1) is 5.73 Å². The van der Waals surface area contributed by atoms with Gasteiger partial charge in [0.1, 0.15) is 0 Å². The van der Waals surface area contributed by atoms with Crippen molar-refractivity contribution in [1.29, 1.82) is 0 Å². The summed E-state index contributed by atoms with van der Waals surface area (Å²) >= 11 is 0. The Morgan fingerprint density at radius 2 is 1.88 bits per heavy atom. The molecule has 0 aliphatic heterocycles. The minimum Gasteiger partial charge on any atom is -0.324 e. The van der Waals surface area contributed by atoms with Gasteiger partial charge in [0.05, 0.1) is 0 Å². The van der Waals surface area contributed by atoms with Gasteiger partial charge in [0, 0.05) is 29.8 Å². The summed E-state index contributed by atoms with van der Waals surface area (Å²) < 4.78 is 2.00. The number of rotatable bonds is 3. The molecule has 2 aromatic rings. The highest BCUT2D eigenvalue weighted by molar-refractivity contribution is 5.99. The number of aromatic nitrogens is 1. The molecule has 1 heterocycles. The average molecular weight is 224 g/mol. The molecule has 1 aromatic carbocycles. The second-order valence-electron chi connectivity index (χ2n) is 3.47. The quantitative estimate of drug-likeness (QED) is 0.631. The molecule has 0 radical (unpaired) electrons. The van der Waals surface area contributed by atoms with Crippen LogP contribution in [0.3, 0.4) is 0 Å². The Morgan fingerprint density at radius 1 is 1.24 bits per heavy atom. The summed E-state index contributed by atoms with van der Waals surface area (Å²) in [7, 11) is 0. The van der Waals surface area contributed by atoms with E-state index in [4.69, 9.17) is 0 Å². The maximum absolute atomic E-state index is 11.3. The van der Waals surface area contributed by atoms with Gasteiger partial charge >= 0.3 is 0 Å². The van der Waals surface area contributed by atoms with Gasteiger partial charge < -0.3 is 9.88 Å². The first kappa shape index (κ1) is 11.0. The van der Waals surface area contributed by atoms with Crippen LogP contribution in [-0.4, -0.2) is 10.5 Å². The van der Waals surface area contributed by atoms with Gasteiger partial charge in [-0.25, -0.2) is 0 Å². The van der Waals surface area contributed by atoms with Gasteiger partial charge in [0.25, 0.3) is 5.91 Å². The third-order valence-corrected chi connectivity index (χ3v) is 2.27. The molecule has 0 unspecified atom stereocenters. The van der Waals surface area contributed by atoms with E-state index in [1.807, 2.05) is 53.4 Å². The number of amides is 1. The van der Waals surface area contributed by atoms with Crippen molar-refractivity contribution in [3.63, 3.8) is 0 Å². The zero-order valence-electron chi connectivity index (χ0n) is 9.26. The molecule has 84 valence electrons. The molecule has 3 heteroatoms. The Morgan fingerprint density at radius 3 is 2.47 bits per heavy atom. The Kier molecular flexibility index (Phi) is 3.24. The van der Waals surface area contributed by atoms with E-state index < -0.39 is 0 Å². The predicted molar refractivity (Wildman–Crippen MR) is 68.1 cm³/mol. The van der Waals surface area contributed by atoms with Crippen molar-refractivity contribution >= 4 is 11.6 Å². The fourth-order valence-corrected chi connectivity index (χ4v) is 1.49. The normalized spacial score (nSPS) is 9.41. The summed E-state index contributed by atoms with van der Waals surface area (Å²) in [5.74, 6) is -0.228. The van der Waals surface area contributed by atoms with Crippen LogP contribution in [0.1, 0.15) is 0 Å². The molecule has 0 spiro atoms. The first-order valence-corrected chi connectivity index (χ1v) is 5.20. The van der Waals surface area contributed by atoms with Crippen LogP contribution in [-0.2, 0) is 4.79 Å². The summed E-state index contributed by atoms with van der Waals surface area (Å²) in [6, 6.07) is 11.5. The van der Waals surface area contributed by atoms with E-state index in [1.54, 1.807) is 0 Å². The Labute approximate surface area is 99.7 Å². The van der Waals surface area contributed by atoms with E-state index in [-0.39, 0.29) is 5.91 Å². The van der Waals surface area contributed by atoms with Gasteiger partial charge in [-0.2, -0.15) is 0 Å². The lowest BCUT2D eigenvalue weighted by Crippen LogP contribution is -2.07. The van der Waals surface area contributed by atoms with E-state index in [1.165, 1.54) is 6.08 Å². The zero-order chi connectivity index (χ0) is 12.1. The summed E-state index contributed by atoms with van der Waals surface area (Å²) in [5.41, 5.74) is 4.23. The van der Waals surface area contributed by atoms with E-state index in [2.05, 4.69) is 17.6 Å². The van der Waals surface area contributed by atoms with Crippen LogP contribution < -0.4 is 5.32 Å². The maximum Gasteiger partial charge on any atom is 0.256 e. The summed E-state index contributed by atoms with van der Waals surface area (Å²) in [4.78, 5) is 11.3. The van der Waals surface area contributed by atoms with E-state index in [0.717, 1.165) is 11.4 Å². The molecule has 3 nitrogen and oxygen atoms in total. The van der Waals surface area contributed by atoms with Crippen LogP contribution in [0.25, 0.3) is 5.69 Å². The number of benzene rings is 1. The molecule has 0 aliphatic carbocycles. The summed E-state index contributed by atoms with van der Waals surface area (Å²) in [5, 5.41) is 2.71. The smallest absolute Gasteiger partial charge is 0.256 e. The van der Waals surface area contributed by atoms with Crippen LogP contribution in [0.5, 0.6) is 0 Å². The third kappa shape index (κ3) is 2.74. The first-order chi connectivity index (χ1) is 8.29. The SMILES string of the molecule is C=C=CC(=O)Nc1ccc(-n2cccc2)cc1. The van der Waals surface area contributed by atoms with Gasteiger partial charge in [0.15, 0.2) is 0 Å². The highest BCUT2D eigenvalue weighted by Crippen LogP contribution is 2.13. The summed E-state index contributed by atoms with van der Waals surface area (Å²) in [6.07, 6.45) is 5.20. The molecule has 0 saturated carbocycles. The van der Waals surface area contributed by atoms with Gasteiger partial charge in [-0.1, -0.05) is 6.58 Å². The molecule has 2 rings (SSSR count). The highest BCUT2D eigenvalue weighted by Gasteiger charge is 1.98. The Hall–Kier alpha value is -2.51. The molecule has 1 N–H and O–H groups in total. The third-order valence-electron chi connectivity index (χ3n) is 2.27. The molecule has 0 atom stereocenters. The Bertz CT molecular complexity index is 546. The van der Waals surface area contributed by atoms with Crippen molar-refractivity contribution in [2.75, 3.05) is 5.32 Å². The van der Waals surface area contributed by atoms with E-state index in [9.17, 15) is 4.79 Å².